The minimum atomic E-state index is -0.823. The first-order chi connectivity index (χ1) is 58.4. The van der Waals surface area contributed by atoms with Crippen LogP contribution in [0.2, 0.25) is 0 Å². The second-order valence-corrected chi connectivity index (χ2v) is 31.0. The second kappa shape index (κ2) is 24.7. The summed E-state index contributed by atoms with van der Waals surface area (Å²) < 4.78 is 122. The van der Waals surface area contributed by atoms with Crippen molar-refractivity contribution in [3.63, 3.8) is 0 Å². The number of fused-ring (bicyclic) bond motifs is 15. The number of para-hydroxylation sites is 3. The number of benzene rings is 16. The third-order valence-corrected chi connectivity index (χ3v) is 22.6. The Labute approximate surface area is 653 Å². The summed E-state index contributed by atoms with van der Waals surface area (Å²) in [6.45, 7) is 12.6. The predicted molar refractivity (Wildman–Crippen MR) is 465 cm³/mol. The minimum absolute atomic E-state index is 0.0219. The Morgan fingerprint density at radius 1 is 0.294 bits per heavy atom. The minimum Gasteiger partial charge on any atom is -0.309 e. The van der Waals surface area contributed by atoms with Crippen LogP contribution in [0, 0.1) is 0 Å². The molecule has 0 saturated heterocycles. The maximum Gasteiger partial charge on any atom is 0.252 e. The first-order valence-corrected chi connectivity index (χ1v) is 37.4. The number of hydrogen-bond acceptors (Lipinski definition) is 2. The van der Waals surface area contributed by atoms with Crippen LogP contribution < -0.4 is 26.2 Å². The Kier molecular flexibility index (Phi) is 11.9. The Balaban J connectivity index is 1.00. The van der Waals surface area contributed by atoms with Crippen molar-refractivity contribution in [1.82, 2.24) is 8.97 Å². The molecule has 3 aromatic heterocycles. The van der Waals surface area contributed by atoms with Gasteiger partial charge in [-0.1, -0.05) is 320 Å². The highest BCUT2D eigenvalue weighted by Crippen LogP contribution is 2.60. The van der Waals surface area contributed by atoms with Crippen LogP contribution in [0.5, 0.6) is 0 Å². The lowest BCUT2D eigenvalue weighted by atomic mass is 9.33. The number of rotatable bonds is 10. The van der Waals surface area contributed by atoms with E-state index < -0.39 is 54.4 Å². The highest BCUT2D eigenvalue weighted by molar-refractivity contribution is 7.01. The van der Waals surface area contributed by atoms with Gasteiger partial charge in [-0.3, -0.25) is 0 Å². The molecule has 109 heavy (non-hydrogen) atoms. The fourth-order valence-electron chi connectivity index (χ4n) is 17.5. The molecule has 5 heterocycles. The van der Waals surface area contributed by atoms with E-state index in [1.54, 1.807) is 4.57 Å². The first kappa shape index (κ1) is 52.7. The molecule has 19 aromatic rings. The first-order valence-electron chi connectivity index (χ1n) is 43.4. The average molecular weight is 1410 g/mol. The maximum atomic E-state index is 10.6. The van der Waals surface area contributed by atoms with Crippen molar-refractivity contribution in [1.29, 1.82) is 0 Å². The molecule has 0 unspecified atom stereocenters. The highest BCUT2D eigenvalue weighted by atomic mass is 15.2. The Bertz CT molecular complexity index is 7480. The SMILES string of the molecule is [2H]c1c([2H])c([2H])c(-c2ccc3c(c2)B2c4ccc(-n5c6c([2H])c([2H])c([2H])c([2H])c6c6c([2H])c(-c7cccc(-c8ccccc8)c7)c([2H])c([2H])c65)cc4N(c4c(-c5ccccc5)cc(C(C)(C)C)cc4-c4ccccc4)c4c2c(c2c5ccccc5n5c6ccccc6c4c25)N3c2c(-c3ccccc3)cc(C(C)(C)C)cc2-c2ccccc2)c([2H])c1[2H]. The zero-order valence-corrected chi connectivity index (χ0v) is 61.0. The van der Waals surface area contributed by atoms with Crippen molar-refractivity contribution in [2.24, 2.45) is 0 Å². The van der Waals surface area contributed by atoms with Crippen molar-refractivity contribution in [2.75, 3.05) is 9.80 Å². The summed E-state index contributed by atoms with van der Waals surface area (Å²) in [6, 6.07) is 93.6. The van der Waals surface area contributed by atoms with E-state index in [1.165, 1.54) is 0 Å². The van der Waals surface area contributed by atoms with E-state index in [0.717, 1.165) is 150 Å². The number of anilines is 6. The number of hydrogen-bond donors (Lipinski definition) is 0. The lowest BCUT2D eigenvalue weighted by Gasteiger charge is -2.46. The van der Waals surface area contributed by atoms with Gasteiger partial charge in [-0.15, -0.1) is 0 Å². The predicted octanol–water partition coefficient (Wildman–Crippen LogP) is 26.3. The molecule has 5 heteroatoms. The standard InChI is InChI=1S/C104H77BN4/c1-103(2,3)76-61-82(68-36-17-9-18-37-68)98(83(62-76)69-38-19-10-20-39-69)108-93-57-53-75(67-34-15-8-16-35-67)60-88(93)105-87-55-54-78(106-89-49-28-25-46-79(89)86-59-74(52-56-92(86)106)73-45-31-44-72(58-73)66-32-13-7-14-33-66)65-94(87)109(99-84(70-40-21-11-22-41-70)63-77(104(4,5)6)64-85(99)71-42-23-12-24-43-71)102-96-81-48-27-30-51-91(81)107-90-50-29-26-47-80(90)95(100(96)107)101(108)97(102)105/h7-65H,1-6H3/i8D,15D,16D,25D,28D,34D,35D,46D,49D,52D,56D,59D. The number of nitrogens with zero attached hydrogens (tertiary/aromatic N) is 4. The summed E-state index contributed by atoms with van der Waals surface area (Å²) in [5, 5.41) is 3.96. The largest absolute Gasteiger partial charge is 0.309 e. The molecule has 0 saturated carbocycles. The summed E-state index contributed by atoms with van der Waals surface area (Å²) in [5.74, 6) is 0. The zero-order chi connectivity index (χ0) is 83.4. The van der Waals surface area contributed by atoms with Gasteiger partial charge in [0.2, 0.25) is 0 Å². The Hall–Kier alpha value is -13.2. The molecule has 0 radical (unpaired) electrons. The van der Waals surface area contributed by atoms with Gasteiger partial charge < -0.3 is 18.8 Å². The van der Waals surface area contributed by atoms with Gasteiger partial charge in [0.15, 0.2) is 0 Å². The molecule has 0 fully saturated rings. The smallest absolute Gasteiger partial charge is 0.252 e. The molecule has 0 atom stereocenters. The van der Waals surface area contributed by atoms with E-state index in [1.807, 2.05) is 97.1 Å². The van der Waals surface area contributed by atoms with E-state index in [4.69, 9.17) is 1.37 Å². The molecular weight excluding hydrogens is 1320 g/mol. The van der Waals surface area contributed by atoms with Gasteiger partial charge in [-0.25, -0.2) is 0 Å². The molecule has 516 valence electrons. The van der Waals surface area contributed by atoms with Crippen LogP contribution in [0.15, 0.2) is 358 Å². The van der Waals surface area contributed by atoms with Crippen molar-refractivity contribution < 1.29 is 16.4 Å². The van der Waals surface area contributed by atoms with E-state index in [9.17, 15) is 15.1 Å². The van der Waals surface area contributed by atoms with Gasteiger partial charge in [0, 0.05) is 71.6 Å². The van der Waals surface area contributed by atoms with Crippen molar-refractivity contribution >= 4 is 117 Å². The van der Waals surface area contributed by atoms with Crippen LogP contribution in [-0.2, 0) is 10.8 Å². The molecule has 0 spiro atoms. The quantitative estimate of drug-likeness (QED) is 0.127. The molecule has 0 aliphatic carbocycles. The topological polar surface area (TPSA) is 15.8 Å². The van der Waals surface area contributed by atoms with Crippen LogP contribution in [0.4, 0.5) is 34.1 Å². The third kappa shape index (κ3) is 10.1. The van der Waals surface area contributed by atoms with Crippen LogP contribution in [0.3, 0.4) is 0 Å². The fourth-order valence-corrected chi connectivity index (χ4v) is 17.5. The van der Waals surface area contributed by atoms with Gasteiger partial charge in [0.05, 0.1) is 66.8 Å². The molecule has 2 aliphatic rings. The van der Waals surface area contributed by atoms with Crippen LogP contribution in [0.1, 0.15) is 69.1 Å². The van der Waals surface area contributed by atoms with Gasteiger partial charge in [-0.2, -0.15) is 0 Å². The van der Waals surface area contributed by atoms with Crippen molar-refractivity contribution in [3.05, 3.63) is 369 Å². The molecule has 0 amide bonds. The molecule has 0 bridgehead atoms. The average Bonchev–Trinajstić information content (AvgIpc) is 1.41. The monoisotopic (exact) mass is 1400 g/mol. The maximum absolute atomic E-state index is 10.6. The molecule has 16 aromatic carbocycles. The van der Waals surface area contributed by atoms with E-state index in [2.05, 4.69) is 244 Å². The lowest BCUT2D eigenvalue weighted by Crippen LogP contribution is -2.61. The van der Waals surface area contributed by atoms with Gasteiger partial charge in [0.1, 0.15) is 0 Å². The summed E-state index contributed by atoms with van der Waals surface area (Å²) in [6.07, 6.45) is 0. The second-order valence-electron chi connectivity index (χ2n) is 31.0. The molecule has 0 N–H and O–H groups in total. The van der Waals surface area contributed by atoms with Crippen molar-refractivity contribution in [2.45, 2.75) is 52.4 Å². The fraction of sp³-hybridized carbons (Fsp3) is 0.0769. The van der Waals surface area contributed by atoms with E-state index in [-0.39, 0.29) is 68.6 Å². The van der Waals surface area contributed by atoms with Crippen LogP contribution in [-0.4, -0.2) is 15.7 Å². The molecule has 4 nitrogen and oxygen atoms in total. The summed E-state index contributed by atoms with van der Waals surface area (Å²) in [5.41, 5.74) is 22.1. The zero-order valence-electron chi connectivity index (χ0n) is 73.0. The Morgan fingerprint density at radius 3 is 1.28 bits per heavy atom. The van der Waals surface area contributed by atoms with Gasteiger partial charge >= 0.3 is 0 Å². The van der Waals surface area contributed by atoms with Crippen LogP contribution in [0.25, 0.3) is 143 Å². The molecule has 21 rings (SSSR count). The summed E-state index contributed by atoms with van der Waals surface area (Å²) >= 11 is 0. The lowest BCUT2D eigenvalue weighted by molar-refractivity contribution is 0.590. The molecule has 2 aliphatic heterocycles. The molecular formula is C104H77BN4. The normalized spacial score (nSPS) is 14.3. The van der Waals surface area contributed by atoms with Crippen molar-refractivity contribution in [3.8, 4) is 83.6 Å². The van der Waals surface area contributed by atoms with E-state index in [0.29, 0.717) is 22.5 Å². The van der Waals surface area contributed by atoms with Gasteiger partial charge in [-0.05, 0) is 173 Å². The van der Waals surface area contributed by atoms with Gasteiger partial charge in [0.25, 0.3) is 6.71 Å². The highest BCUT2D eigenvalue weighted by Gasteiger charge is 2.49. The van der Waals surface area contributed by atoms with E-state index >= 15 is 0 Å². The third-order valence-electron chi connectivity index (χ3n) is 22.6. The number of aromatic nitrogens is 2. The Morgan fingerprint density at radius 2 is 0.743 bits per heavy atom. The summed E-state index contributed by atoms with van der Waals surface area (Å²) in [7, 11) is 0. The summed E-state index contributed by atoms with van der Waals surface area (Å²) in [4.78, 5) is 4.95. The van der Waals surface area contributed by atoms with Crippen LogP contribution >= 0.6 is 0 Å².